The van der Waals surface area contributed by atoms with E-state index in [4.69, 9.17) is 0 Å². The molecule has 0 bridgehead atoms. The largest absolute Gasteiger partial charge is 0.396 e. The maximum absolute atomic E-state index is 12.1. The van der Waals surface area contributed by atoms with Gasteiger partial charge in [-0.3, -0.25) is 9.59 Å². The second-order valence-electron chi connectivity index (χ2n) is 6.52. The predicted molar refractivity (Wildman–Crippen MR) is 91.0 cm³/mol. The molecule has 2 rings (SSSR count). The van der Waals surface area contributed by atoms with Gasteiger partial charge in [-0.2, -0.15) is 5.10 Å². The van der Waals surface area contributed by atoms with Gasteiger partial charge in [-0.05, 0) is 30.4 Å². The average molecular weight is 329 g/mol. The fourth-order valence-electron chi connectivity index (χ4n) is 2.22. The third-order valence-electron chi connectivity index (χ3n) is 3.82. The van der Waals surface area contributed by atoms with Gasteiger partial charge in [0.25, 0.3) is 11.7 Å². The summed E-state index contributed by atoms with van der Waals surface area (Å²) >= 11 is 0. The summed E-state index contributed by atoms with van der Waals surface area (Å²) in [5.74, 6) is -1.23. The molecule has 1 amide bonds. The SMILES string of the molecule is CC(C)(CO)CCCNC(=O)C(=O)c1cnn(-c2ccccc2)c1. The van der Waals surface area contributed by atoms with E-state index in [1.807, 2.05) is 44.2 Å². The number of ketones is 1. The molecule has 6 heteroatoms. The van der Waals surface area contributed by atoms with Gasteiger partial charge in [-0.1, -0.05) is 32.0 Å². The van der Waals surface area contributed by atoms with E-state index in [2.05, 4.69) is 10.4 Å². The summed E-state index contributed by atoms with van der Waals surface area (Å²) in [6, 6.07) is 9.37. The molecule has 0 aliphatic heterocycles. The quantitative estimate of drug-likeness (QED) is 0.440. The van der Waals surface area contributed by atoms with Crippen LogP contribution in [0.15, 0.2) is 42.7 Å². The number of carbonyl (C=O) groups excluding carboxylic acids is 2. The molecule has 0 radical (unpaired) electrons. The van der Waals surface area contributed by atoms with Crippen molar-refractivity contribution in [3.05, 3.63) is 48.3 Å². The Kier molecular flexibility index (Phi) is 5.87. The van der Waals surface area contributed by atoms with Gasteiger partial charge in [-0.25, -0.2) is 4.68 Å². The molecule has 1 aromatic heterocycles. The van der Waals surface area contributed by atoms with Crippen molar-refractivity contribution in [2.24, 2.45) is 5.41 Å². The second-order valence-corrected chi connectivity index (χ2v) is 6.52. The third-order valence-corrected chi connectivity index (χ3v) is 3.82. The standard InChI is InChI=1S/C18H23N3O3/c1-18(2,13-22)9-6-10-19-17(24)16(23)14-11-20-21(12-14)15-7-4-3-5-8-15/h3-5,7-8,11-12,22H,6,9-10,13H2,1-2H3,(H,19,24). The molecular weight excluding hydrogens is 306 g/mol. The molecule has 1 heterocycles. The minimum atomic E-state index is -0.635. The molecule has 2 aromatic rings. The number of carbonyl (C=O) groups is 2. The smallest absolute Gasteiger partial charge is 0.292 e. The van der Waals surface area contributed by atoms with Gasteiger partial charge < -0.3 is 10.4 Å². The van der Waals surface area contributed by atoms with Crippen LogP contribution < -0.4 is 5.32 Å². The molecule has 6 nitrogen and oxygen atoms in total. The molecule has 128 valence electrons. The van der Waals surface area contributed by atoms with Gasteiger partial charge >= 0.3 is 0 Å². The number of amides is 1. The zero-order valence-corrected chi connectivity index (χ0v) is 14.0. The van der Waals surface area contributed by atoms with Gasteiger partial charge in [0, 0.05) is 19.3 Å². The number of aliphatic hydroxyl groups excluding tert-OH is 1. The molecule has 0 aliphatic rings. The van der Waals surface area contributed by atoms with Crippen molar-refractivity contribution >= 4 is 11.7 Å². The van der Waals surface area contributed by atoms with Gasteiger partial charge in [0.15, 0.2) is 0 Å². The topological polar surface area (TPSA) is 84.2 Å². The lowest BCUT2D eigenvalue weighted by atomic mass is 9.89. The number of aromatic nitrogens is 2. The van der Waals surface area contributed by atoms with Gasteiger partial charge in [0.2, 0.25) is 0 Å². The first-order valence-corrected chi connectivity index (χ1v) is 7.96. The molecule has 0 fully saturated rings. The van der Waals surface area contributed by atoms with Crippen LogP contribution in [0, 0.1) is 5.41 Å². The summed E-state index contributed by atoms with van der Waals surface area (Å²) in [6.45, 7) is 4.41. The van der Waals surface area contributed by atoms with Gasteiger partial charge in [0.1, 0.15) is 0 Å². The Hall–Kier alpha value is -2.47. The van der Waals surface area contributed by atoms with Crippen molar-refractivity contribution in [3.63, 3.8) is 0 Å². The number of benzene rings is 1. The van der Waals surface area contributed by atoms with Crippen LogP contribution in [0.25, 0.3) is 5.69 Å². The molecule has 0 saturated carbocycles. The highest BCUT2D eigenvalue weighted by molar-refractivity contribution is 6.42. The summed E-state index contributed by atoms with van der Waals surface area (Å²) in [4.78, 5) is 24.1. The van der Waals surface area contributed by atoms with Crippen molar-refractivity contribution in [1.29, 1.82) is 0 Å². The highest BCUT2D eigenvalue weighted by Crippen LogP contribution is 2.20. The van der Waals surface area contributed by atoms with Crippen LogP contribution in [0.1, 0.15) is 37.0 Å². The summed E-state index contributed by atoms with van der Waals surface area (Å²) in [5.41, 5.74) is 0.904. The van der Waals surface area contributed by atoms with E-state index in [9.17, 15) is 14.7 Å². The van der Waals surface area contributed by atoms with Crippen molar-refractivity contribution in [1.82, 2.24) is 15.1 Å². The summed E-state index contributed by atoms with van der Waals surface area (Å²) < 4.78 is 1.56. The molecule has 0 aliphatic carbocycles. The molecule has 1 aromatic carbocycles. The minimum Gasteiger partial charge on any atom is -0.396 e. The lowest BCUT2D eigenvalue weighted by molar-refractivity contribution is -0.117. The number of hydrogen-bond acceptors (Lipinski definition) is 4. The zero-order valence-electron chi connectivity index (χ0n) is 14.0. The first-order valence-electron chi connectivity index (χ1n) is 7.96. The van der Waals surface area contributed by atoms with E-state index in [0.29, 0.717) is 13.0 Å². The Morgan fingerprint density at radius 2 is 1.96 bits per heavy atom. The molecule has 0 atom stereocenters. The monoisotopic (exact) mass is 329 g/mol. The first kappa shape index (κ1) is 17.9. The van der Waals surface area contributed by atoms with Crippen LogP contribution in [0.3, 0.4) is 0 Å². The lowest BCUT2D eigenvalue weighted by Gasteiger charge is -2.21. The maximum atomic E-state index is 12.1. The molecule has 0 spiro atoms. The molecule has 0 saturated heterocycles. The van der Waals surface area contributed by atoms with E-state index in [1.54, 1.807) is 10.9 Å². The van der Waals surface area contributed by atoms with Crippen LogP contribution in [0.4, 0.5) is 0 Å². The van der Waals surface area contributed by atoms with Crippen molar-refractivity contribution in [2.75, 3.05) is 13.2 Å². The average Bonchev–Trinajstić information content (AvgIpc) is 3.08. The predicted octanol–water partition coefficient (Wildman–Crippen LogP) is 1.97. The molecule has 0 unspecified atom stereocenters. The second kappa shape index (κ2) is 7.88. The summed E-state index contributed by atoms with van der Waals surface area (Å²) in [5, 5.41) is 15.9. The number of Topliss-reactive ketones (excluding diaryl/α,β-unsaturated/α-hetero) is 1. The van der Waals surface area contributed by atoms with E-state index in [0.717, 1.165) is 12.1 Å². The van der Waals surface area contributed by atoms with Crippen LogP contribution in [0.5, 0.6) is 0 Å². The Balaban J connectivity index is 1.88. The van der Waals surface area contributed by atoms with Crippen molar-refractivity contribution in [2.45, 2.75) is 26.7 Å². The number of rotatable bonds is 8. The van der Waals surface area contributed by atoms with Crippen molar-refractivity contribution in [3.8, 4) is 5.69 Å². The maximum Gasteiger partial charge on any atom is 0.292 e. The molecular formula is C18H23N3O3. The van der Waals surface area contributed by atoms with Crippen molar-refractivity contribution < 1.29 is 14.7 Å². The van der Waals surface area contributed by atoms with E-state index in [-0.39, 0.29) is 17.6 Å². The summed E-state index contributed by atoms with van der Waals surface area (Å²) in [6.07, 6.45) is 4.41. The zero-order chi connectivity index (χ0) is 17.6. The summed E-state index contributed by atoms with van der Waals surface area (Å²) in [7, 11) is 0. The van der Waals surface area contributed by atoms with Crippen LogP contribution in [-0.2, 0) is 4.79 Å². The number of aliphatic hydroxyl groups is 1. The number of para-hydroxylation sites is 1. The van der Waals surface area contributed by atoms with E-state index >= 15 is 0 Å². The van der Waals surface area contributed by atoms with Crippen LogP contribution in [0.2, 0.25) is 0 Å². The van der Waals surface area contributed by atoms with E-state index < -0.39 is 11.7 Å². The number of nitrogens with zero attached hydrogens (tertiary/aromatic N) is 2. The Labute approximate surface area is 141 Å². The van der Waals surface area contributed by atoms with Crippen LogP contribution >= 0.6 is 0 Å². The minimum absolute atomic E-state index is 0.0958. The van der Waals surface area contributed by atoms with Gasteiger partial charge in [0.05, 0.1) is 17.4 Å². The van der Waals surface area contributed by atoms with E-state index in [1.165, 1.54) is 6.20 Å². The Morgan fingerprint density at radius 3 is 2.62 bits per heavy atom. The molecule has 2 N–H and O–H groups in total. The molecule has 24 heavy (non-hydrogen) atoms. The third kappa shape index (κ3) is 4.76. The fraction of sp³-hybridized carbons (Fsp3) is 0.389. The Morgan fingerprint density at radius 1 is 1.25 bits per heavy atom. The van der Waals surface area contributed by atoms with Gasteiger partial charge in [-0.15, -0.1) is 0 Å². The number of nitrogens with one attached hydrogen (secondary N) is 1. The normalized spacial score (nSPS) is 11.3. The number of hydrogen-bond donors (Lipinski definition) is 2. The highest BCUT2D eigenvalue weighted by Gasteiger charge is 2.19. The Bertz CT molecular complexity index is 693. The van der Waals surface area contributed by atoms with Crippen LogP contribution in [-0.4, -0.2) is 39.7 Å². The fourth-order valence-corrected chi connectivity index (χ4v) is 2.22. The highest BCUT2D eigenvalue weighted by atomic mass is 16.3. The first-order chi connectivity index (χ1) is 11.4. The lowest BCUT2D eigenvalue weighted by Crippen LogP contribution is -2.32.